The van der Waals surface area contributed by atoms with Gasteiger partial charge in [0.25, 0.3) is 0 Å². The maximum atomic E-state index is 12.8. The Labute approximate surface area is 126 Å². The maximum absolute atomic E-state index is 12.8. The number of benzene rings is 1. The predicted molar refractivity (Wildman–Crippen MR) is 82.9 cm³/mol. The van der Waals surface area contributed by atoms with Crippen LogP contribution in [0.25, 0.3) is 0 Å². The minimum atomic E-state index is -3.69. The molecular weight excluding hydrogens is 292 g/mol. The van der Waals surface area contributed by atoms with Crippen LogP contribution in [0.2, 0.25) is 0 Å². The number of nitrogens with zero attached hydrogens (tertiary/aromatic N) is 1. The Hall–Kier alpha value is -1.31. The van der Waals surface area contributed by atoms with Gasteiger partial charge in [-0.25, -0.2) is 8.42 Å². The first kappa shape index (κ1) is 17.7. The lowest BCUT2D eigenvalue weighted by Gasteiger charge is -2.24. The molecule has 0 saturated heterocycles. The molecule has 1 aromatic rings. The minimum Gasteiger partial charge on any atom is -0.495 e. The second-order valence-corrected chi connectivity index (χ2v) is 7.07. The van der Waals surface area contributed by atoms with Gasteiger partial charge in [-0.1, -0.05) is 13.8 Å². The van der Waals surface area contributed by atoms with E-state index < -0.39 is 10.0 Å². The first-order valence-corrected chi connectivity index (χ1v) is 8.19. The fourth-order valence-corrected chi connectivity index (χ4v) is 3.72. The Balaban J connectivity index is 3.24. The average molecular weight is 316 g/mol. The van der Waals surface area contributed by atoms with Crippen molar-refractivity contribution >= 4 is 15.7 Å². The predicted octanol–water partition coefficient (Wildman–Crippen LogP) is 1.57. The van der Waals surface area contributed by atoms with Crippen molar-refractivity contribution in [2.45, 2.75) is 18.7 Å². The topological polar surface area (TPSA) is 81.9 Å². The molecule has 0 heterocycles. The van der Waals surface area contributed by atoms with E-state index in [0.717, 1.165) is 0 Å². The van der Waals surface area contributed by atoms with E-state index >= 15 is 0 Å². The quantitative estimate of drug-likeness (QED) is 0.736. The highest BCUT2D eigenvalue weighted by Gasteiger charge is 2.28. The van der Waals surface area contributed by atoms with Gasteiger partial charge in [-0.3, -0.25) is 0 Å². The van der Waals surface area contributed by atoms with E-state index in [-0.39, 0.29) is 23.1 Å². The SMILES string of the molecule is COCCN(CC(C)C)S(=O)(=O)c1cc(N)ccc1OC. The van der Waals surface area contributed by atoms with Gasteiger partial charge in [0.1, 0.15) is 10.6 Å². The van der Waals surface area contributed by atoms with E-state index in [1.54, 1.807) is 19.2 Å². The highest BCUT2D eigenvalue weighted by Crippen LogP contribution is 2.29. The highest BCUT2D eigenvalue weighted by atomic mass is 32.2. The molecule has 1 rings (SSSR count). The average Bonchev–Trinajstić information content (AvgIpc) is 2.42. The zero-order valence-corrected chi connectivity index (χ0v) is 13.8. The Kier molecular flexibility index (Phi) is 6.44. The summed E-state index contributed by atoms with van der Waals surface area (Å²) in [6, 6.07) is 4.60. The van der Waals surface area contributed by atoms with Crippen LogP contribution in [-0.2, 0) is 14.8 Å². The van der Waals surface area contributed by atoms with Gasteiger partial charge in [-0.05, 0) is 24.1 Å². The van der Waals surface area contributed by atoms with Crippen LogP contribution >= 0.6 is 0 Å². The van der Waals surface area contributed by atoms with Gasteiger partial charge in [0.15, 0.2) is 0 Å². The number of anilines is 1. The first-order valence-electron chi connectivity index (χ1n) is 6.75. The van der Waals surface area contributed by atoms with E-state index in [1.807, 2.05) is 13.8 Å². The zero-order valence-electron chi connectivity index (χ0n) is 13.0. The summed E-state index contributed by atoms with van der Waals surface area (Å²) in [5.74, 6) is 0.485. The molecule has 0 aromatic heterocycles. The number of nitrogen functional groups attached to an aromatic ring is 1. The lowest BCUT2D eigenvalue weighted by molar-refractivity contribution is 0.175. The van der Waals surface area contributed by atoms with Crippen molar-refractivity contribution in [1.82, 2.24) is 4.31 Å². The molecule has 0 fully saturated rings. The largest absolute Gasteiger partial charge is 0.495 e. The van der Waals surface area contributed by atoms with E-state index in [9.17, 15) is 8.42 Å². The molecule has 6 nitrogen and oxygen atoms in total. The molecule has 21 heavy (non-hydrogen) atoms. The van der Waals surface area contributed by atoms with Crippen molar-refractivity contribution in [3.05, 3.63) is 18.2 Å². The second kappa shape index (κ2) is 7.63. The van der Waals surface area contributed by atoms with Gasteiger partial charge in [-0.15, -0.1) is 0 Å². The number of hydrogen-bond donors (Lipinski definition) is 1. The fourth-order valence-electron chi connectivity index (χ4n) is 1.94. The Morgan fingerprint density at radius 3 is 2.48 bits per heavy atom. The third kappa shape index (κ3) is 4.59. The molecule has 0 bridgehead atoms. The lowest BCUT2D eigenvalue weighted by Crippen LogP contribution is -2.37. The summed E-state index contributed by atoms with van der Waals surface area (Å²) in [6.07, 6.45) is 0. The van der Waals surface area contributed by atoms with Crippen molar-refractivity contribution in [2.75, 3.05) is 39.6 Å². The summed E-state index contributed by atoms with van der Waals surface area (Å²) >= 11 is 0. The zero-order chi connectivity index (χ0) is 16.0. The fraction of sp³-hybridized carbons (Fsp3) is 0.571. The molecule has 7 heteroatoms. The summed E-state index contributed by atoms with van der Waals surface area (Å²) in [6.45, 7) is 4.95. The van der Waals surface area contributed by atoms with E-state index in [4.69, 9.17) is 15.2 Å². The maximum Gasteiger partial charge on any atom is 0.246 e. The van der Waals surface area contributed by atoms with E-state index in [0.29, 0.717) is 18.8 Å². The Bertz CT molecular complexity index is 558. The van der Waals surface area contributed by atoms with Gasteiger partial charge in [0.05, 0.1) is 13.7 Å². The lowest BCUT2D eigenvalue weighted by atomic mass is 10.2. The summed E-state index contributed by atoms with van der Waals surface area (Å²) < 4.78 is 37.2. The Morgan fingerprint density at radius 1 is 1.29 bits per heavy atom. The molecule has 0 aliphatic carbocycles. The standard InChI is InChI=1S/C14H24N2O4S/c1-11(2)10-16(7-8-19-3)21(17,18)14-9-12(15)5-6-13(14)20-4/h5-6,9,11H,7-8,10,15H2,1-4H3. The monoisotopic (exact) mass is 316 g/mol. The van der Waals surface area contributed by atoms with Crippen molar-refractivity contribution < 1.29 is 17.9 Å². The van der Waals surface area contributed by atoms with Crippen LogP contribution in [0.5, 0.6) is 5.75 Å². The first-order chi connectivity index (χ1) is 9.82. The molecule has 0 spiro atoms. The van der Waals surface area contributed by atoms with E-state index in [2.05, 4.69) is 0 Å². The van der Waals surface area contributed by atoms with Gasteiger partial charge < -0.3 is 15.2 Å². The molecule has 0 amide bonds. The molecule has 0 aliphatic rings. The number of nitrogens with two attached hydrogens (primary N) is 1. The van der Waals surface area contributed by atoms with Crippen molar-refractivity contribution in [1.29, 1.82) is 0 Å². The molecule has 120 valence electrons. The summed E-state index contributed by atoms with van der Waals surface area (Å²) in [4.78, 5) is 0.0850. The van der Waals surface area contributed by atoms with Crippen LogP contribution < -0.4 is 10.5 Å². The summed E-state index contributed by atoms with van der Waals surface area (Å²) in [5, 5.41) is 0. The molecule has 0 atom stereocenters. The molecular formula is C14H24N2O4S. The van der Waals surface area contributed by atoms with Crippen LogP contribution in [0.3, 0.4) is 0 Å². The van der Waals surface area contributed by atoms with E-state index in [1.165, 1.54) is 17.5 Å². The van der Waals surface area contributed by atoms with Crippen molar-refractivity contribution in [3.8, 4) is 5.75 Å². The van der Waals surface area contributed by atoms with Gasteiger partial charge >= 0.3 is 0 Å². The van der Waals surface area contributed by atoms with Crippen LogP contribution in [0.4, 0.5) is 5.69 Å². The van der Waals surface area contributed by atoms with Gasteiger partial charge in [0, 0.05) is 25.9 Å². The number of methoxy groups -OCH3 is 2. The van der Waals surface area contributed by atoms with Crippen LogP contribution in [-0.4, -0.2) is 46.6 Å². The second-order valence-electron chi connectivity index (χ2n) is 5.16. The van der Waals surface area contributed by atoms with Crippen molar-refractivity contribution in [2.24, 2.45) is 5.92 Å². The number of sulfonamides is 1. The van der Waals surface area contributed by atoms with Crippen LogP contribution in [0, 0.1) is 5.92 Å². The van der Waals surface area contributed by atoms with Gasteiger partial charge in [-0.2, -0.15) is 4.31 Å². The van der Waals surface area contributed by atoms with Crippen molar-refractivity contribution in [3.63, 3.8) is 0 Å². The highest BCUT2D eigenvalue weighted by molar-refractivity contribution is 7.89. The molecule has 0 unspecified atom stereocenters. The minimum absolute atomic E-state index is 0.0850. The normalized spacial score (nSPS) is 12.1. The number of hydrogen-bond acceptors (Lipinski definition) is 5. The molecule has 0 aliphatic heterocycles. The molecule has 1 aromatic carbocycles. The van der Waals surface area contributed by atoms with Crippen LogP contribution in [0.15, 0.2) is 23.1 Å². The summed E-state index contributed by atoms with van der Waals surface area (Å²) in [5.41, 5.74) is 6.10. The number of ether oxygens (including phenoxy) is 2. The Morgan fingerprint density at radius 2 is 1.95 bits per heavy atom. The third-order valence-electron chi connectivity index (χ3n) is 2.92. The van der Waals surface area contributed by atoms with Gasteiger partial charge in [0.2, 0.25) is 10.0 Å². The molecule has 0 saturated carbocycles. The van der Waals surface area contributed by atoms with Crippen LogP contribution in [0.1, 0.15) is 13.8 Å². The summed E-state index contributed by atoms with van der Waals surface area (Å²) in [7, 11) is -0.705. The molecule has 0 radical (unpaired) electrons. The third-order valence-corrected chi connectivity index (χ3v) is 4.81. The smallest absolute Gasteiger partial charge is 0.246 e. The molecule has 2 N–H and O–H groups in total. The number of rotatable bonds is 8.